The van der Waals surface area contributed by atoms with Crippen molar-refractivity contribution in [1.82, 2.24) is 24.5 Å². The van der Waals surface area contributed by atoms with E-state index in [-0.39, 0.29) is 11.9 Å². The minimum Gasteiger partial charge on any atom is -0.356 e. The summed E-state index contributed by atoms with van der Waals surface area (Å²) >= 11 is 6.06. The standard InChI is InChI=1S/C22H25ClN6O.CH5N/c1-15-14-29-20(25-21(15)27-7-4-5-8-27)11-18(26-29)19-6-2-3-9-28(19)22(30)16-10-17(23)13-24-12-16;1-2/h10-14,19H,2-9H2,1H3;2H2,1H3/t19-;/m0./s1. The van der Waals surface area contributed by atoms with E-state index in [0.717, 1.165) is 55.1 Å². The summed E-state index contributed by atoms with van der Waals surface area (Å²) in [7, 11) is 1.50. The van der Waals surface area contributed by atoms with Gasteiger partial charge in [-0.3, -0.25) is 9.78 Å². The molecule has 8 nitrogen and oxygen atoms in total. The molecule has 2 aliphatic rings. The molecule has 2 aliphatic heterocycles. The van der Waals surface area contributed by atoms with Crippen molar-refractivity contribution < 1.29 is 4.79 Å². The van der Waals surface area contributed by atoms with Crippen LogP contribution in [0.1, 0.15) is 59.8 Å². The van der Waals surface area contributed by atoms with Gasteiger partial charge in [0.25, 0.3) is 5.91 Å². The highest BCUT2D eigenvalue weighted by molar-refractivity contribution is 6.30. The molecule has 1 atom stereocenters. The molecule has 0 saturated carbocycles. The van der Waals surface area contributed by atoms with Crippen LogP contribution in [-0.4, -0.2) is 57.1 Å². The van der Waals surface area contributed by atoms with E-state index in [1.54, 1.807) is 18.5 Å². The van der Waals surface area contributed by atoms with Crippen LogP contribution >= 0.6 is 11.6 Å². The first-order valence-corrected chi connectivity index (χ1v) is 11.6. The van der Waals surface area contributed by atoms with Crippen LogP contribution in [0.3, 0.4) is 0 Å². The number of aryl methyl sites for hydroxylation is 1. The van der Waals surface area contributed by atoms with E-state index in [1.807, 2.05) is 15.5 Å². The van der Waals surface area contributed by atoms with Crippen molar-refractivity contribution in [3.05, 3.63) is 52.6 Å². The van der Waals surface area contributed by atoms with E-state index >= 15 is 0 Å². The first-order valence-electron chi connectivity index (χ1n) is 11.2. The normalized spacial score (nSPS) is 18.6. The lowest BCUT2D eigenvalue weighted by atomic mass is 9.98. The summed E-state index contributed by atoms with van der Waals surface area (Å²) in [5, 5.41) is 5.28. The number of halogens is 1. The highest BCUT2D eigenvalue weighted by Crippen LogP contribution is 2.33. The van der Waals surface area contributed by atoms with Gasteiger partial charge in [-0.15, -0.1) is 0 Å². The van der Waals surface area contributed by atoms with Crippen LogP contribution in [0.25, 0.3) is 5.65 Å². The van der Waals surface area contributed by atoms with Crippen LogP contribution in [0.15, 0.2) is 30.7 Å². The number of anilines is 1. The number of hydrogen-bond donors (Lipinski definition) is 1. The average molecular weight is 456 g/mol. The fraction of sp³-hybridized carbons (Fsp3) is 0.478. The third-order valence-electron chi connectivity index (χ3n) is 6.09. The van der Waals surface area contributed by atoms with Gasteiger partial charge in [0.05, 0.1) is 22.3 Å². The Kier molecular flexibility index (Phi) is 6.91. The number of likely N-dealkylation sites (tertiary alicyclic amines) is 1. The van der Waals surface area contributed by atoms with Gasteiger partial charge in [-0.2, -0.15) is 5.10 Å². The predicted octanol–water partition coefficient (Wildman–Crippen LogP) is 3.63. The number of piperidine rings is 1. The summed E-state index contributed by atoms with van der Waals surface area (Å²) in [5.41, 5.74) is 7.87. The second-order valence-corrected chi connectivity index (χ2v) is 8.65. The van der Waals surface area contributed by atoms with Gasteiger partial charge >= 0.3 is 0 Å². The molecule has 2 saturated heterocycles. The molecular formula is C23H30ClN7O. The van der Waals surface area contributed by atoms with Gasteiger partial charge in [-0.05, 0) is 52.1 Å². The van der Waals surface area contributed by atoms with Crippen LogP contribution in [0.2, 0.25) is 5.02 Å². The monoisotopic (exact) mass is 455 g/mol. The number of hydrogen-bond acceptors (Lipinski definition) is 6. The third kappa shape index (κ3) is 4.42. The molecule has 3 aromatic rings. The average Bonchev–Trinajstić information content (AvgIpc) is 3.49. The lowest BCUT2D eigenvalue weighted by Crippen LogP contribution is -2.38. The molecule has 0 spiro atoms. The van der Waals surface area contributed by atoms with E-state index in [2.05, 4.69) is 28.7 Å². The first-order chi connectivity index (χ1) is 15.6. The third-order valence-corrected chi connectivity index (χ3v) is 6.29. The zero-order valence-corrected chi connectivity index (χ0v) is 19.4. The number of nitrogens with two attached hydrogens (primary N) is 1. The van der Waals surface area contributed by atoms with Crippen LogP contribution in [0, 0.1) is 6.92 Å². The molecule has 5 heterocycles. The summed E-state index contributed by atoms with van der Waals surface area (Å²) < 4.78 is 1.85. The Morgan fingerprint density at radius 1 is 1.09 bits per heavy atom. The molecule has 0 bridgehead atoms. The maximum absolute atomic E-state index is 13.2. The summed E-state index contributed by atoms with van der Waals surface area (Å²) in [6.45, 7) is 4.91. The molecule has 5 rings (SSSR count). The minimum atomic E-state index is -0.0672. The van der Waals surface area contributed by atoms with E-state index in [4.69, 9.17) is 21.7 Å². The van der Waals surface area contributed by atoms with Gasteiger partial charge in [-0.25, -0.2) is 9.50 Å². The van der Waals surface area contributed by atoms with Gasteiger partial charge in [0.15, 0.2) is 5.65 Å². The number of aromatic nitrogens is 4. The van der Waals surface area contributed by atoms with Crippen LogP contribution in [-0.2, 0) is 0 Å². The van der Waals surface area contributed by atoms with Crippen LogP contribution in [0.4, 0.5) is 5.82 Å². The molecule has 170 valence electrons. The van der Waals surface area contributed by atoms with E-state index in [1.165, 1.54) is 19.9 Å². The summed E-state index contributed by atoms with van der Waals surface area (Å²) in [6, 6.07) is 3.65. The Bertz CT molecular complexity index is 1090. The van der Waals surface area contributed by atoms with Gasteiger partial charge < -0.3 is 15.5 Å². The Morgan fingerprint density at radius 3 is 2.59 bits per heavy atom. The molecule has 2 fully saturated rings. The predicted molar refractivity (Wildman–Crippen MR) is 126 cm³/mol. The second-order valence-electron chi connectivity index (χ2n) is 8.22. The number of pyridine rings is 1. The van der Waals surface area contributed by atoms with E-state index in [0.29, 0.717) is 17.1 Å². The molecule has 32 heavy (non-hydrogen) atoms. The summed E-state index contributed by atoms with van der Waals surface area (Å²) in [5.74, 6) is 1.00. The van der Waals surface area contributed by atoms with Crippen molar-refractivity contribution in [3.63, 3.8) is 0 Å². The molecule has 0 unspecified atom stereocenters. The zero-order valence-electron chi connectivity index (χ0n) is 18.7. The Balaban J connectivity index is 0.00000119. The fourth-order valence-electron chi connectivity index (χ4n) is 4.61. The van der Waals surface area contributed by atoms with Gasteiger partial charge in [-0.1, -0.05) is 11.6 Å². The van der Waals surface area contributed by atoms with Crippen LogP contribution < -0.4 is 10.6 Å². The first kappa shape index (κ1) is 22.5. The maximum atomic E-state index is 13.2. The molecule has 2 N–H and O–H groups in total. The largest absolute Gasteiger partial charge is 0.356 e. The Labute approximate surface area is 193 Å². The molecule has 1 amide bonds. The zero-order chi connectivity index (χ0) is 22.7. The van der Waals surface area contributed by atoms with Crippen molar-refractivity contribution >= 4 is 29.0 Å². The highest BCUT2D eigenvalue weighted by Gasteiger charge is 2.31. The lowest BCUT2D eigenvalue weighted by molar-refractivity contribution is 0.0605. The minimum absolute atomic E-state index is 0.0475. The van der Waals surface area contributed by atoms with Crippen molar-refractivity contribution in [2.24, 2.45) is 5.73 Å². The topological polar surface area (TPSA) is 92.7 Å². The quantitative estimate of drug-likeness (QED) is 0.648. The smallest absolute Gasteiger partial charge is 0.256 e. The van der Waals surface area contributed by atoms with Crippen molar-refractivity contribution in [2.75, 3.05) is 31.6 Å². The molecule has 0 radical (unpaired) electrons. The Hall–Kier alpha value is -2.71. The lowest BCUT2D eigenvalue weighted by Gasteiger charge is -2.34. The van der Waals surface area contributed by atoms with Crippen molar-refractivity contribution in [1.29, 1.82) is 0 Å². The number of rotatable bonds is 3. The number of carbonyl (C=O) groups is 1. The molecule has 9 heteroatoms. The number of amides is 1. The van der Waals surface area contributed by atoms with Crippen molar-refractivity contribution in [3.8, 4) is 0 Å². The number of nitrogens with zero attached hydrogens (tertiary/aromatic N) is 6. The number of fused-ring (bicyclic) bond motifs is 1. The van der Waals surface area contributed by atoms with E-state index in [9.17, 15) is 4.79 Å². The second kappa shape index (κ2) is 9.83. The van der Waals surface area contributed by atoms with Crippen LogP contribution in [0.5, 0.6) is 0 Å². The maximum Gasteiger partial charge on any atom is 0.256 e. The van der Waals surface area contributed by atoms with Gasteiger partial charge in [0.1, 0.15) is 5.82 Å². The molecular weight excluding hydrogens is 426 g/mol. The van der Waals surface area contributed by atoms with Gasteiger partial charge in [0, 0.05) is 49.9 Å². The molecule has 0 aromatic carbocycles. The summed E-state index contributed by atoms with van der Waals surface area (Å²) in [6.07, 6.45) is 10.6. The summed E-state index contributed by atoms with van der Waals surface area (Å²) in [4.78, 5) is 26.4. The Morgan fingerprint density at radius 2 is 1.84 bits per heavy atom. The van der Waals surface area contributed by atoms with Crippen molar-refractivity contribution in [2.45, 2.75) is 45.1 Å². The fourth-order valence-corrected chi connectivity index (χ4v) is 4.78. The van der Waals surface area contributed by atoms with E-state index < -0.39 is 0 Å². The SMILES string of the molecule is CN.Cc1cn2nc([C@@H]3CCCCN3C(=O)c3cncc(Cl)c3)cc2nc1N1CCCC1. The molecule has 3 aromatic heterocycles. The van der Waals surface area contributed by atoms with Gasteiger partial charge in [0.2, 0.25) is 0 Å². The number of carbonyl (C=O) groups excluding carboxylic acids is 1. The highest BCUT2D eigenvalue weighted by atomic mass is 35.5. The molecule has 0 aliphatic carbocycles.